The Bertz CT molecular complexity index is 629. The number of aliphatic carboxylic acids is 1. The summed E-state index contributed by atoms with van der Waals surface area (Å²) < 4.78 is 5.77. The van der Waals surface area contributed by atoms with Crippen molar-refractivity contribution in [2.75, 3.05) is 0 Å². The van der Waals surface area contributed by atoms with E-state index in [1.807, 2.05) is 0 Å². The highest BCUT2D eigenvalue weighted by atomic mass is 16.5. The minimum atomic E-state index is -0.676. The van der Waals surface area contributed by atoms with Crippen molar-refractivity contribution in [3.63, 3.8) is 0 Å². The van der Waals surface area contributed by atoms with Crippen LogP contribution in [0.2, 0.25) is 0 Å². The number of carboxylic acid groups (broad SMARTS) is 1. The summed E-state index contributed by atoms with van der Waals surface area (Å²) in [6.07, 6.45) is 44.7. The van der Waals surface area contributed by atoms with E-state index in [4.69, 9.17) is 9.84 Å². The van der Waals surface area contributed by atoms with E-state index in [-0.39, 0.29) is 12.1 Å². The van der Waals surface area contributed by atoms with Gasteiger partial charge in [0.1, 0.15) is 6.10 Å². The van der Waals surface area contributed by atoms with Crippen molar-refractivity contribution in [2.24, 2.45) is 0 Å². The molecule has 0 aliphatic heterocycles. The molecule has 4 nitrogen and oxygen atoms in total. The smallest absolute Gasteiger partial charge is 0.306 e. The first kappa shape index (κ1) is 42.7. The molecule has 0 aromatic heterocycles. The lowest BCUT2D eigenvalue weighted by atomic mass is 10.0. The van der Waals surface area contributed by atoms with Crippen LogP contribution in [-0.4, -0.2) is 23.1 Å². The second-order valence-electron chi connectivity index (χ2n) is 13.4. The largest absolute Gasteiger partial charge is 0.481 e. The quantitative estimate of drug-likeness (QED) is 0.0430. The van der Waals surface area contributed by atoms with E-state index in [0.29, 0.717) is 12.8 Å². The number of ether oxygens (including phenoxy) is 1. The Morgan fingerprint density at radius 2 is 0.864 bits per heavy atom. The Morgan fingerprint density at radius 1 is 0.500 bits per heavy atom. The molecular formula is C40H76O4. The molecule has 0 spiro atoms. The zero-order chi connectivity index (χ0) is 32.2. The van der Waals surface area contributed by atoms with Crippen molar-refractivity contribution >= 4 is 11.9 Å². The van der Waals surface area contributed by atoms with Crippen LogP contribution in [0.5, 0.6) is 0 Å². The fourth-order valence-electron chi connectivity index (χ4n) is 6.05. The van der Waals surface area contributed by atoms with Crippen LogP contribution in [0.15, 0.2) is 12.2 Å². The van der Waals surface area contributed by atoms with Crippen LogP contribution in [-0.2, 0) is 14.3 Å². The third-order valence-electron chi connectivity index (χ3n) is 9.06. The molecule has 1 N–H and O–H groups in total. The molecular weight excluding hydrogens is 544 g/mol. The van der Waals surface area contributed by atoms with Gasteiger partial charge in [0.15, 0.2) is 0 Å². The van der Waals surface area contributed by atoms with E-state index in [0.717, 1.165) is 51.4 Å². The summed E-state index contributed by atoms with van der Waals surface area (Å²) in [6, 6.07) is 0. The summed E-state index contributed by atoms with van der Waals surface area (Å²) in [6.45, 7) is 4.41. The number of carbonyl (C=O) groups is 2. The highest BCUT2D eigenvalue weighted by Crippen LogP contribution is 2.17. The normalized spacial score (nSPS) is 12.2. The van der Waals surface area contributed by atoms with Gasteiger partial charge in [-0.05, 0) is 57.8 Å². The average molecular weight is 621 g/mol. The molecule has 0 saturated carbocycles. The molecule has 0 aliphatic rings. The molecule has 0 radical (unpaired) electrons. The molecule has 0 amide bonds. The highest BCUT2D eigenvalue weighted by molar-refractivity contribution is 5.69. The van der Waals surface area contributed by atoms with Crippen LogP contribution in [0.1, 0.15) is 226 Å². The first-order valence-corrected chi connectivity index (χ1v) is 19.7. The monoisotopic (exact) mass is 621 g/mol. The number of rotatable bonds is 36. The van der Waals surface area contributed by atoms with Gasteiger partial charge in [-0.1, -0.05) is 167 Å². The molecule has 0 fully saturated rings. The van der Waals surface area contributed by atoms with Crippen molar-refractivity contribution in [3.05, 3.63) is 12.2 Å². The maximum atomic E-state index is 12.3. The van der Waals surface area contributed by atoms with E-state index >= 15 is 0 Å². The van der Waals surface area contributed by atoms with Gasteiger partial charge in [-0.2, -0.15) is 0 Å². The summed E-state index contributed by atoms with van der Waals surface area (Å²) >= 11 is 0. The molecule has 260 valence electrons. The van der Waals surface area contributed by atoms with Gasteiger partial charge in [0, 0.05) is 12.8 Å². The van der Waals surface area contributed by atoms with Crippen molar-refractivity contribution in [1.82, 2.24) is 0 Å². The Kier molecular flexibility index (Phi) is 35.1. The van der Waals surface area contributed by atoms with Crippen LogP contribution in [0.4, 0.5) is 0 Å². The minimum absolute atomic E-state index is 0.00787. The van der Waals surface area contributed by atoms with E-state index in [2.05, 4.69) is 26.0 Å². The Morgan fingerprint density at radius 3 is 1.27 bits per heavy atom. The molecule has 4 heteroatoms. The predicted octanol–water partition coefficient (Wildman–Crippen LogP) is 13.5. The van der Waals surface area contributed by atoms with Gasteiger partial charge >= 0.3 is 11.9 Å². The van der Waals surface area contributed by atoms with Crippen LogP contribution in [0.3, 0.4) is 0 Å². The van der Waals surface area contributed by atoms with Crippen LogP contribution in [0.25, 0.3) is 0 Å². The van der Waals surface area contributed by atoms with Gasteiger partial charge in [0.05, 0.1) is 0 Å². The maximum absolute atomic E-state index is 12.3. The fraction of sp³-hybridized carbons (Fsp3) is 0.900. The van der Waals surface area contributed by atoms with E-state index in [1.54, 1.807) is 0 Å². The van der Waals surface area contributed by atoms with Gasteiger partial charge in [-0.15, -0.1) is 0 Å². The predicted molar refractivity (Wildman–Crippen MR) is 190 cm³/mol. The molecule has 0 aliphatic carbocycles. The van der Waals surface area contributed by atoms with Gasteiger partial charge in [-0.25, -0.2) is 0 Å². The first-order chi connectivity index (χ1) is 21.6. The van der Waals surface area contributed by atoms with Crippen molar-refractivity contribution in [3.8, 4) is 0 Å². The van der Waals surface area contributed by atoms with E-state index in [9.17, 15) is 9.59 Å². The summed E-state index contributed by atoms with van der Waals surface area (Å²) in [4.78, 5) is 22.8. The van der Waals surface area contributed by atoms with Gasteiger partial charge in [-0.3, -0.25) is 9.59 Å². The lowest BCUT2D eigenvalue weighted by Crippen LogP contribution is -2.17. The van der Waals surface area contributed by atoms with Crippen LogP contribution < -0.4 is 0 Å². The Hall–Kier alpha value is -1.32. The third kappa shape index (κ3) is 35.2. The molecule has 0 rings (SSSR count). The topological polar surface area (TPSA) is 63.6 Å². The number of unbranched alkanes of at least 4 members (excludes halogenated alkanes) is 26. The SMILES string of the molecule is CCCCCCCC/C=C\CCCCCCCCCCCCCC(=O)OC(CC)CCCCCCCCCCCCC(=O)O. The zero-order valence-electron chi connectivity index (χ0n) is 29.7. The van der Waals surface area contributed by atoms with Crippen LogP contribution in [0, 0.1) is 0 Å². The van der Waals surface area contributed by atoms with Crippen LogP contribution >= 0.6 is 0 Å². The lowest BCUT2D eigenvalue weighted by Gasteiger charge is -2.16. The third-order valence-corrected chi connectivity index (χ3v) is 9.06. The molecule has 0 aromatic carbocycles. The fourth-order valence-corrected chi connectivity index (χ4v) is 6.05. The number of esters is 1. The number of hydrogen-bond acceptors (Lipinski definition) is 3. The van der Waals surface area contributed by atoms with E-state index < -0.39 is 5.97 Å². The maximum Gasteiger partial charge on any atom is 0.306 e. The minimum Gasteiger partial charge on any atom is -0.481 e. The summed E-state index contributed by atoms with van der Waals surface area (Å²) in [7, 11) is 0. The molecule has 0 saturated heterocycles. The Labute approximate surface area is 275 Å². The van der Waals surface area contributed by atoms with Crippen molar-refractivity contribution in [1.29, 1.82) is 0 Å². The highest BCUT2D eigenvalue weighted by Gasteiger charge is 2.12. The lowest BCUT2D eigenvalue weighted by molar-refractivity contribution is -0.149. The Balaban J connectivity index is 3.39. The van der Waals surface area contributed by atoms with Crippen molar-refractivity contribution in [2.45, 2.75) is 232 Å². The number of allylic oxidation sites excluding steroid dienone is 2. The zero-order valence-corrected chi connectivity index (χ0v) is 29.7. The van der Waals surface area contributed by atoms with Gasteiger partial charge in [0.25, 0.3) is 0 Å². The van der Waals surface area contributed by atoms with Gasteiger partial charge in [0.2, 0.25) is 0 Å². The molecule has 0 bridgehead atoms. The number of hydrogen-bond donors (Lipinski definition) is 1. The summed E-state index contributed by atoms with van der Waals surface area (Å²) in [5.74, 6) is -0.668. The van der Waals surface area contributed by atoms with Gasteiger partial charge < -0.3 is 9.84 Å². The molecule has 1 atom stereocenters. The number of carboxylic acids is 1. The average Bonchev–Trinajstić information content (AvgIpc) is 3.01. The number of carbonyl (C=O) groups excluding carboxylic acids is 1. The second kappa shape index (κ2) is 36.2. The molecule has 0 aromatic rings. The molecule has 44 heavy (non-hydrogen) atoms. The molecule has 1 unspecified atom stereocenters. The summed E-state index contributed by atoms with van der Waals surface area (Å²) in [5, 5.41) is 8.66. The standard InChI is InChI=1S/C40H76O4/c1-3-5-6-7-8-9-10-11-12-13-14-15-16-17-18-19-20-25-28-31-34-37-40(43)44-38(4-2)35-32-29-26-23-21-22-24-27-30-33-36-39(41)42/h11-12,38H,3-10,13-37H2,1-2H3,(H,41,42)/b12-11-. The summed E-state index contributed by atoms with van der Waals surface area (Å²) in [5.41, 5.74) is 0. The first-order valence-electron chi connectivity index (χ1n) is 19.7. The van der Waals surface area contributed by atoms with E-state index in [1.165, 1.54) is 148 Å². The molecule has 0 heterocycles. The second-order valence-corrected chi connectivity index (χ2v) is 13.4. The van der Waals surface area contributed by atoms with Crippen molar-refractivity contribution < 1.29 is 19.4 Å².